The highest BCUT2D eigenvalue weighted by Crippen LogP contribution is 2.25. The molecule has 0 saturated heterocycles. The molecule has 23 heavy (non-hydrogen) atoms. The fraction of sp³-hybridized carbons (Fsp3) is 0.176. The van der Waals surface area contributed by atoms with E-state index in [1.165, 1.54) is 0 Å². The summed E-state index contributed by atoms with van der Waals surface area (Å²) < 4.78 is 11.2. The Hall–Kier alpha value is -2.34. The van der Waals surface area contributed by atoms with E-state index in [1.54, 1.807) is 45.4 Å². The number of benzene rings is 2. The number of methoxy groups -OCH3 is 2. The standard InChI is InChI=1S/C17H17BrN2O3/c1-11(13-9-8-12(22-2)10-16(13)23-3)19-20-17(21)14-6-4-5-7-15(14)18/h4-10H,1-3H3,(H,20,21)/b19-11-. The Bertz CT molecular complexity index is 744. The zero-order chi connectivity index (χ0) is 16.8. The van der Waals surface area contributed by atoms with E-state index in [0.29, 0.717) is 27.2 Å². The van der Waals surface area contributed by atoms with Gasteiger partial charge >= 0.3 is 0 Å². The predicted molar refractivity (Wildman–Crippen MR) is 93.4 cm³/mol. The molecule has 0 aliphatic carbocycles. The molecule has 0 fully saturated rings. The first-order chi connectivity index (χ1) is 11.1. The maximum atomic E-state index is 12.2. The minimum absolute atomic E-state index is 0.288. The number of ether oxygens (including phenoxy) is 2. The zero-order valence-electron chi connectivity index (χ0n) is 13.1. The second kappa shape index (κ2) is 7.78. The maximum Gasteiger partial charge on any atom is 0.272 e. The van der Waals surface area contributed by atoms with Gasteiger partial charge in [-0.05, 0) is 47.1 Å². The van der Waals surface area contributed by atoms with Crippen molar-refractivity contribution < 1.29 is 14.3 Å². The van der Waals surface area contributed by atoms with Crippen molar-refractivity contribution in [2.24, 2.45) is 5.10 Å². The minimum atomic E-state index is -0.288. The number of carbonyl (C=O) groups excluding carboxylic acids is 1. The average molecular weight is 377 g/mol. The number of halogens is 1. The van der Waals surface area contributed by atoms with Gasteiger partial charge in [-0.1, -0.05) is 12.1 Å². The first kappa shape index (κ1) is 17.0. The van der Waals surface area contributed by atoms with Crippen molar-refractivity contribution in [1.29, 1.82) is 0 Å². The molecule has 2 aromatic rings. The number of rotatable bonds is 5. The number of carbonyl (C=O) groups is 1. The SMILES string of the molecule is COc1ccc(/C(C)=N\NC(=O)c2ccccc2Br)c(OC)c1. The monoisotopic (exact) mass is 376 g/mol. The summed E-state index contributed by atoms with van der Waals surface area (Å²) in [6.45, 7) is 1.80. The number of hydrazone groups is 1. The summed E-state index contributed by atoms with van der Waals surface area (Å²) in [6.07, 6.45) is 0. The smallest absolute Gasteiger partial charge is 0.272 e. The average Bonchev–Trinajstić information content (AvgIpc) is 2.59. The number of hydrogen-bond donors (Lipinski definition) is 1. The van der Waals surface area contributed by atoms with Crippen molar-refractivity contribution in [2.75, 3.05) is 14.2 Å². The van der Waals surface area contributed by atoms with Gasteiger partial charge in [0.1, 0.15) is 11.5 Å². The van der Waals surface area contributed by atoms with Crippen molar-refractivity contribution in [2.45, 2.75) is 6.92 Å². The van der Waals surface area contributed by atoms with Crippen molar-refractivity contribution in [3.8, 4) is 11.5 Å². The largest absolute Gasteiger partial charge is 0.497 e. The van der Waals surface area contributed by atoms with Crippen molar-refractivity contribution in [3.63, 3.8) is 0 Å². The van der Waals surface area contributed by atoms with Crippen LogP contribution in [0.4, 0.5) is 0 Å². The van der Waals surface area contributed by atoms with Crippen LogP contribution < -0.4 is 14.9 Å². The molecule has 0 aliphatic heterocycles. The van der Waals surface area contributed by atoms with Crippen LogP contribution in [0.25, 0.3) is 0 Å². The van der Waals surface area contributed by atoms with Crippen LogP contribution in [0.1, 0.15) is 22.8 Å². The summed E-state index contributed by atoms with van der Waals surface area (Å²) in [5, 5.41) is 4.15. The van der Waals surface area contributed by atoms with Gasteiger partial charge in [0.25, 0.3) is 5.91 Å². The highest BCUT2D eigenvalue weighted by Gasteiger charge is 2.11. The van der Waals surface area contributed by atoms with Crippen LogP contribution in [-0.2, 0) is 0 Å². The van der Waals surface area contributed by atoms with E-state index in [9.17, 15) is 4.79 Å². The van der Waals surface area contributed by atoms with Crippen LogP contribution in [0.15, 0.2) is 52.0 Å². The van der Waals surface area contributed by atoms with Gasteiger partial charge in [0.05, 0.1) is 25.5 Å². The topological polar surface area (TPSA) is 59.9 Å². The molecule has 1 amide bonds. The van der Waals surface area contributed by atoms with Crippen LogP contribution in [0.3, 0.4) is 0 Å². The van der Waals surface area contributed by atoms with E-state index >= 15 is 0 Å². The molecule has 0 saturated carbocycles. The Balaban J connectivity index is 2.20. The van der Waals surface area contributed by atoms with Gasteiger partial charge in [0.15, 0.2) is 0 Å². The van der Waals surface area contributed by atoms with Crippen LogP contribution >= 0.6 is 15.9 Å². The van der Waals surface area contributed by atoms with Gasteiger partial charge < -0.3 is 9.47 Å². The Morgan fingerprint density at radius 2 is 1.83 bits per heavy atom. The second-order valence-corrected chi connectivity index (χ2v) is 5.54. The number of amides is 1. The molecule has 6 heteroatoms. The molecule has 5 nitrogen and oxygen atoms in total. The molecule has 0 radical (unpaired) electrons. The lowest BCUT2D eigenvalue weighted by Gasteiger charge is -2.10. The van der Waals surface area contributed by atoms with Crippen LogP contribution in [0, 0.1) is 0 Å². The molecule has 0 aliphatic rings. The summed E-state index contributed by atoms with van der Waals surface area (Å²) in [5.74, 6) is 1.03. The first-order valence-corrected chi connectivity index (χ1v) is 7.67. The third-order valence-electron chi connectivity index (χ3n) is 3.24. The van der Waals surface area contributed by atoms with E-state index in [1.807, 2.05) is 18.2 Å². The molecule has 0 spiro atoms. The quantitative estimate of drug-likeness (QED) is 0.640. The zero-order valence-corrected chi connectivity index (χ0v) is 14.7. The molecule has 0 heterocycles. The third-order valence-corrected chi connectivity index (χ3v) is 3.93. The third kappa shape index (κ3) is 4.10. The molecule has 2 rings (SSSR count). The van der Waals surface area contributed by atoms with Crippen LogP contribution in [0.2, 0.25) is 0 Å². The molecule has 0 atom stereocenters. The van der Waals surface area contributed by atoms with Crippen molar-refractivity contribution in [3.05, 3.63) is 58.1 Å². The minimum Gasteiger partial charge on any atom is -0.497 e. The Labute approximate surface area is 143 Å². The van der Waals surface area contributed by atoms with Crippen LogP contribution in [0.5, 0.6) is 11.5 Å². The van der Waals surface area contributed by atoms with Crippen LogP contribution in [-0.4, -0.2) is 25.8 Å². The van der Waals surface area contributed by atoms with E-state index in [4.69, 9.17) is 9.47 Å². The van der Waals surface area contributed by atoms with Crippen molar-refractivity contribution in [1.82, 2.24) is 5.43 Å². The molecule has 2 aromatic carbocycles. The number of hydrogen-bond acceptors (Lipinski definition) is 4. The number of nitrogens with zero attached hydrogens (tertiary/aromatic N) is 1. The lowest BCUT2D eigenvalue weighted by atomic mass is 10.1. The molecule has 120 valence electrons. The Morgan fingerprint density at radius 1 is 1.09 bits per heavy atom. The summed E-state index contributed by atoms with van der Waals surface area (Å²) in [5.41, 5.74) is 4.48. The highest BCUT2D eigenvalue weighted by molar-refractivity contribution is 9.10. The maximum absolute atomic E-state index is 12.2. The van der Waals surface area contributed by atoms with Gasteiger partial charge in [-0.3, -0.25) is 4.79 Å². The molecule has 1 N–H and O–H groups in total. The molecule has 0 unspecified atom stereocenters. The molecular formula is C17H17BrN2O3. The van der Waals surface area contributed by atoms with Crippen molar-refractivity contribution >= 4 is 27.5 Å². The van der Waals surface area contributed by atoms with E-state index in [0.717, 1.165) is 5.56 Å². The lowest BCUT2D eigenvalue weighted by Crippen LogP contribution is -2.20. The molecule has 0 aromatic heterocycles. The van der Waals surface area contributed by atoms with E-state index in [2.05, 4.69) is 26.5 Å². The van der Waals surface area contributed by atoms with Gasteiger partial charge in [-0.25, -0.2) is 5.43 Å². The number of nitrogens with one attached hydrogen (secondary N) is 1. The van der Waals surface area contributed by atoms with Gasteiger partial charge in [-0.2, -0.15) is 5.10 Å². The normalized spacial score (nSPS) is 11.0. The fourth-order valence-electron chi connectivity index (χ4n) is 2.00. The summed E-state index contributed by atoms with van der Waals surface area (Å²) >= 11 is 3.34. The summed E-state index contributed by atoms with van der Waals surface area (Å²) in [6, 6.07) is 12.6. The predicted octanol–water partition coefficient (Wildman–Crippen LogP) is 3.62. The summed E-state index contributed by atoms with van der Waals surface area (Å²) in [7, 11) is 3.17. The van der Waals surface area contributed by atoms with E-state index in [-0.39, 0.29) is 5.91 Å². The Kier molecular flexibility index (Phi) is 5.76. The fourth-order valence-corrected chi connectivity index (χ4v) is 2.46. The van der Waals surface area contributed by atoms with Gasteiger partial charge in [-0.15, -0.1) is 0 Å². The summed E-state index contributed by atoms with van der Waals surface area (Å²) in [4.78, 5) is 12.2. The lowest BCUT2D eigenvalue weighted by molar-refractivity contribution is 0.0954. The first-order valence-electron chi connectivity index (χ1n) is 6.88. The highest BCUT2D eigenvalue weighted by atomic mass is 79.9. The molecular weight excluding hydrogens is 360 g/mol. The van der Waals surface area contributed by atoms with Gasteiger partial charge in [0.2, 0.25) is 0 Å². The van der Waals surface area contributed by atoms with Gasteiger partial charge in [0, 0.05) is 16.1 Å². The molecule has 0 bridgehead atoms. The Morgan fingerprint density at radius 3 is 2.48 bits per heavy atom. The second-order valence-electron chi connectivity index (χ2n) is 4.68. The van der Waals surface area contributed by atoms with E-state index < -0.39 is 0 Å².